The minimum Gasteiger partial charge on any atom is -0.378 e. The number of unbranched alkanes of at least 4 members (excludes halogenated alkanes) is 22. The lowest BCUT2D eigenvalue weighted by Gasteiger charge is -2.28. The van der Waals surface area contributed by atoms with Crippen LogP contribution in [0.15, 0.2) is 0 Å². The highest BCUT2D eigenvalue weighted by Gasteiger charge is 2.21. The average molecular weight is 651 g/mol. The molecule has 4 unspecified atom stereocenters. The van der Waals surface area contributed by atoms with Gasteiger partial charge in [-0.15, -0.1) is 0 Å². The maximum atomic E-state index is 5.96. The molecule has 2 heterocycles. The van der Waals surface area contributed by atoms with Gasteiger partial charge in [-0.2, -0.15) is 11.8 Å². The minimum absolute atomic E-state index is 0.564. The van der Waals surface area contributed by atoms with Crippen molar-refractivity contribution in [3.8, 4) is 0 Å². The zero-order chi connectivity index (χ0) is 31.9. The molecule has 2 fully saturated rings. The van der Waals surface area contributed by atoms with Crippen LogP contribution in [0, 0.1) is 11.8 Å². The van der Waals surface area contributed by atoms with Crippen LogP contribution in [0.4, 0.5) is 0 Å². The molecule has 3 heteroatoms. The van der Waals surface area contributed by atoms with Gasteiger partial charge in [-0.25, -0.2) is 0 Å². The third-order valence-corrected chi connectivity index (χ3v) is 12.3. The SMILES string of the molecule is CC(CCCCCCCCCCCCCCSCCCCCCCCCCCCCCC(C)C1CCCCO1)C1CCCCO1. The van der Waals surface area contributed by atoms with E-state index in [0.29, 0.717) is 12.2 Å². The molecule has 0 N–H and O–H groups in total. The zero-order valence-electron chi connectivity index (χ0n) is 31.0. The fourth-order valence-electron chi connectivity index (χ4n) is 7.78. The van der Waals surface area contributed by atoms with Crippen molar-refractivity contribution < 1.29 is 9.47 Å². The van der Waals surface area contributed by atoms with E-state index >= 15 is 0 Å². The molecule has 0 radical (unpaired) electrons. The second-order valence-electron chi connectivity index (χ2n) is 15.4. The van der Waals surface area contributed by atoms with Crippen LogP contribution in [0.25, 0.3) is 0 Å². The molecule has 0 bridgehead atoms. The van der Waals surface area contributed by atoms with E-state index < -0.39 is 0 Å². The second kappa shape index (κ2) is 31.5. The van der Waals surface area contributed by atoms with Gasteiger partial charge < -0.3 is 9.47 Å². The molecule has 4 atom stereocenters. The van der Waals surface area contributed by atoms with E-state index in [-0.39, 0.29) is 0 Å². The van der Waals surface area contributed by atoms with Crippen LogP contribution in [0.3, 0.4) is 0 Å². The summed E-state index contributed by atoms with van der Waals surface area (Å²) in [6, 6.07) is 0. The van der Waals surface area contributed by atoms with Gasteiger partial charge >= 0.3 is 0 Å². The molecule has 0 aromatic carbocycles. The molecular weight excluding hydrogens is 569 g/mol. The van der Waals surface area contributed by atoms with E-state index in [9.17, 15) is 0 Å². The predicted octanol–water partition coefficient (Wildman–Crippen LogP) is 14.3. The Kier molecular flexibility index (Phi) is 29.0. The van der Waals surface area contributed by atoms with Crippen molar-refractivity contribution in [3.05, 3.63) is 0 Å². The van der Waals surface area contributed by atoms with Crippen molar-refractivity contribution in [1.82, 2.24) is 0 Å². The van der Waals surface area contributed by atoms with Crippen molar-refractivity contribution in [3.63, 3.8) is 0 Å². The monoisotopic (exact) mass is 651 g/mol. The molecule has 0 amide bonds. The molecule has 0 aromatic heterocycles. The first-order valence-corrected chi connectivity index (χ1v) is 22.2. The highest BCUT2D eigenvalue weighted by molar-refractivity contribution is 7.99. The van der Waals surface area contributed by atoms with Crippen molar-refractivity contribution >= 4 is 11.8 Å². The van der Waals surface area contributed by atoms with Crippen LogP contribution in [0.2, 0.25) is 0 Å². The first kappa shape index (κ1) is 41.4. The molecule has 268 valence electrons. The fraction of sp³-hybridized carbons (Fsp3) is 1.00. The molecule has 2 rings (SSSR count). The first-order valence-electron chi connectivity index (χ1n) is 21.1. The van der Waals surface area contributed by atoms with Crippen LogP contribution in [0.5, 0.6) is 0 Å². The molecule has 2 nitrogen and oxygen atoms in total. The van der Waals surface area contributed by atoms with Crippen LogP contribution in [0.1, 0.15) is 219 Å². The Hall–Kier alpha value is 0.270. The predicted molar refractivity (Wildman–Crippen MR) is 203 cm³/mol. The van der Waals surface area contributed by atoms with Gasteiger partial charge in [0.1, 0.15) is 0 Å². The number of hydrogen-bond donors (Lipinski definition) is 0. The standard InChI is InChI=1S/C42H82O2S/c1-39(41-33-25-27-35-43-41)31-23-19-15-11-7-3-5-9-13-17-21-29-37-45-38-30-22-18-14-10-6-4-8-12-16-20-24-32-40(2)42-34-26-28-36-44-42/h39-42H,3-38H2,1-2H3. The van der Waals surface area contributed by atoms with Gasteiger partial charge in [0.25, 0.3) is 0 Å². The lowest BCUT2D eigenvalue weighted by Crippen LogP contribution is -2.26. The molecule has 2 saturated heterocycles. The van der Waals surface area contributed by atoms with Crippen molar-refractivity contribution in [2.75, 3.05) is 24.7 Å². The summed E-state index contributed by atoms with van der Waals surface area (Å²) in [7, 11) is 0. The Balaban J connectivity index is 1.15. The summed E-state index contributed by atoms with van der Waals surface area (Å²) < 4.78 is 11.9. The van der Waals surface area contributed by atoms with Gasteiger partial charge in [0.15, 0.2) is 0 Å². The molecule has 2 aliphatic heterocycles. The van der Waals surface area contributed by atoms with Crippen LogP contribution >= 0.6 is 11.8 Å². The largest absolute Gasteiger partial charge is 0.378 e. The van der Waals surface area contributed by atoms with Gasteiger partial charge in [-0.3, -0.25) is 0 Å². The fourth-order valence-corrected chi connectivity index (χ4v) is 8.80. The zero-order valence-corrected chi connectivity index (χ0v) is 31.8. The normalized spacial score (nSPS) is 20.4. The van der Waals surface area contributed by atoms with Gasteiger partial charge in [-0.1, -0.05) is 155 Å². The minimum atomic E-state index is 0.564. The smallest absolute Gasteiger partial charge is 0.0600 e. The third kappa shape index (κ3) is 25.0. The average Bonchev–Trinajstić information content (AvgIpc) is 3.08. The van der Waals surface area contributed by atoms with Crippen LogP contribution < -0.4 is 0 Å². The van der Waals surface area contributed by atoms with Gasteiger partial charge in [0.2, 0.25) is 0 Å². The quantitative estimate of drug-likeness (QED) is 0.0675. The van der Waals surface area contributed by atoms with E-state index in [0.717, 1.165) is 25.0 Å². The number of rotatable bonds is 32. The summed E-state index contributed by atoms with van der Waals surface area (Å²) in [6.07, 6.45) is 46.8. The molecule has 0 aromatic rings. The Morgan fingerprint density at radius 1 is 0.400 bits per heavy atom. The van der Waals surface area contributed by atoms with Crippen molar-refractivity contribution in [2.24, 2.45) is 11.8 Å². The maximum absolute atomic E-state index is 5.96. The molecule has 45 heavy (non-hydrogen) atoms. The van der Waals surface area contributed by atoms with Gasteiger partial charge in [-0.05, 0) is 87.5 Å². The lowest BCUT2D eigenvalue weighted by molar-refractivity contribution is -0.0188. The van der Waals surface area contributed by atoms with E-state index in [2.05, 4.69) is 25.6 Å². The Morgan fingerprint density at radius 3 is 0.978 bits per heavy atom. The van der Waals surface area contributed by atoms with E-state index in [1.807, 2.05) is 0 Å². The van der Waals surface area contributed by atoms with Crippen molar-refractivity contribution in [1.29, 1.82) is 0 Å². The molecule has 0 spiro atoms. The lowest BCUT2D eigenvalue weighted by atomic mass is 9.92. The summed E-state index contributed by atoms with van der Waals surface area (Å²) in [4.78, 5) is 0. The summed E-state index contributed by atoms with van der Waals surface area (Å²) in [6.45, 7) is 6.84. The molecule has 0 aliphatic carbocycles. The Morgan fingerprint density at radius 2 is 0.689 bits per heavy atom. The van der Waals surface area contributed by atoms with Crippen LogP contribution in [-0.4, -0.2) is 36.9 Å². The van der Waals surface area contributed by atoms with E-state index in [1.54, 1.807) is 0 Å². The van der Waals surface area contributed by atoms with Gasteiger partial charge in [0, 0.05) is 13.2 Å². The third-order valence-electron chi connectivity index (χ3n) is 11.1. The Bertz CT molecular complexity index is 535. The summed E-state index contributed by atoms with van der Waals surface area (Å²) >= 11 is 2.22. The summed E-state index contributed by atoms with van der Waals surface area (Å²) in [5.41, 5.74) is 0. The highest BCUT2D eigenvalue weighted by atomic mass is 32.2. The Labute approximate surface area is 288 Å². The molecule has 2 aliphatic rings. The molecule has 0 saturated carbocycles. The summed E-state index contributed by atoms with van der Waals surface area (Å²) in [5.74, 6) is 4.35. The van der Waals surface area contributed by atoms with E-state index in [1.165, 1.54) is 217 Å². The number of thioether (sulfide) groups is 1. The van der Waals surface area contributed by atoms with Crippen molar-refractivity contribution in [2.45, 2.75) is 232 Å². The molecular formula is C42H82O2S. The highest BCUT2D eigenvalue weighted by Crippen LogP contribution is 2.26. The first-order chi connectivity index (χ1) is 22.3. The number of ether oxygens (including phenoxy) is 2. The number of hydrogen-bond acceptors (Lipinski definition) is 3. The second-order valence-corrected chi connectivity index (χ2v) is 16.7. The van der Waals surface area contributed by atoms with E-state index in [4.69, 9.17) is 9.47 Å². The van der Waals surface area contributed by atoms with Crippen LogP contribution in [-0.2, 0) is 9.47 Å². The van der Waals surface area contributed by atoms with Gasteiger partial charge in [0.05, 0.1) is 12.2 Å². The summed E-state index contributed by atoms with van der Waals surface area (Å²) in [5, 5.41) is 0. The topological polar surface area (TPSA) is 18.5 Å². The maximum Gasteiger partial charge on any atom is 0.0600 e.